The smallest absolute Gasteiger partial charge is 0.314 e. The Balaban J connectivity index is 1.85. The standard InChI is InChI=1S/C9H12N6OS/c1-10-8(16)12-2-3-17-9-14-6-4-11-5-13-7(6)15-9/h4-5H,2-3H2,1H3,(H2,10,12,16)(H,11,13,14,15). The molecule has 0 saturated heterocycles. The van der Waals surface area contributed by atoms with Gasteiger partial charge in [0, 0.05) is 19.3 Å². The molecule has 0 spiro atoms. The molecule has 0 fully saturated rings. The van der Waals surface area contributed by atoms with Crippen LogP contribution in [0.3, 0.4) is 0 Å². The fraction of sp³-hybridized carbons (Fsp3) is 0.333. The molecule has 17 heavy (non-hydrogen) atoms. The van der Waals surface area contributed by atoms with E-state index in [2.05, 4.69) is 30.6 Å². The number of nitrogens with one attached hydrogen (secondary N) is 3. The van der Waals surface area contributed by atoms with Gasteiger partial charge in [-0.1, -0.05) is 11.8 Å². The number of hydrogen-bond donors (Lipinski definition) is 3. The summed E-state index contributed by atoms with van der Waals surface area (Å²) in [6, 6.07) is -0.180. The third kappa shape index (κ3) is 3.06. The SMILES string of the molecule is CNC(=O)NCCSc1nc2ncncc2[nH]1. The Bertz CT molecular complexity index is 480. The van der Waals surface area contributed by atoms with Crippen molar-refractivity contribution < 1.29 is 4.79 Å². The zero-order valence-corrected chi connectivity index (χ0v) is 10.0. The molecule has 2 rings (SSSR count). The van der Waals surface area contributed by atoms with Gasteiger partial charge in [0.1, 0.15) is 11.8 Å². The largest absolute Gasteiger partial charge is 0.341 e. The van der Waals surface area contributed by atoms with Gasteiger partial charge in [0.15, 0.2) is 10.8 Å². The van der Waals surface area contributed by atoms with Crippen LogP contribution in [0.15, 0.2) is 17.7 Å². The molecule has 0 aromatic carbocycles. The van der Waals surface area contributed by atoms with E-state index in [4.69, 9.17) is 0 Å². The second-order valence-corrected chi connectivity index (χ2v) is 4.24. The number of urea groups is 1. The van der Waals surface area contributed by atoms with E-state index in [1.165, 1.54) is 18.1 Å². The Kier molecular flexibility index (Phi) is 3.76. The van der Waals surface area contributed by atoms with Gasteiger partial charge in [-0.3, -0.25) is 0 Å². The molecule has 0 aliphatic heterocycles. The van der Waals surface area contributed by atoms with Crippen LogP contribution in [-0.4, -0.2) is 45.3 Å². The fourth-order valence-electron chi connectivity index (χ4n) is 1.21. The van der Waals surface area contributed by atoms with Crippen molar-refractivity contribution in [1.82, 2.24) is 30.6 Å². The van der Waals surface area contributed by atoms with Crippen LogP contribution in [-0.2, 0) is 0 Å². The van der Waals surface area contributed by atoms with E-state index in [-0.39, 0.29) is 6.03 Å². The molecule has 90 valence electrons. The topological polar surface area (TPSA) is 95.6 Å². The Morgan fingerprint density at radius 3 is 3.24 bits per heavy atom. The fourth-order valence-corrected chi connectivity index (χ4v) is 1.94. The molecule has 0 unspecified atom stereocenters. The highest BCUT2D eigenvalue weighted by Crippen LogP contribution is 2.16. The molecular formula is C9H12N6OS. The van der Waals surface area contributed by atoms with Crippen molar-refractivity contribution in [2.24, 2.45) is 0 Å². The van der Waals surface area contributed by atoms with Gasteiger partial charge in [-0.25, -0.2) is 19.7 Å². The number of fused-ring (bicyclic) bond motifs is 1. The number of nitrogens with zero attached hydrogens (tertiary/aromatic N) is 3. The zero-order valence-electron chi connectivity index (χ0n) is 9.23. The summed E-state index contributed by atoms with van der Waals surface area (Å²) in [6.07, 6.45) is 3.15. The van der Waals surface area contributed by atoms with Crippen molar-refractivity contribution >= 4 is 29.0 Å². The molecule has 7 nitrogen and oxygen atoms in total. The van der Waals surface area contributed by atoms with E-state index in [9.17, 15) is 4.79 Å². The van der Waals surface area contributed by atoms with Crippen molar-refractivity contribution in [2.45, 2.75) is 5.16 Å². The second kappa shape index (κ2) is 5.48. The highest BCUT2D eigenvalue weighted by molar-refractivity contribution is 7.99. The van der Waals surface area contributed by atoms with Crippen molar-refractivity contribution in [3.05, 3.63) is 12.5 Å². The lowest BCUT2D eigenvalue weighted by Gasteiger charge is -2.01. The Morgan fingerprint density at radius 2 is 2.47 bits per heavy atom. The molecular weight excluding hydrogens is 240 g/mol. The number of aromatic amines is 1. The minimum Gasteiger partial charge on any atom is -0.341 e. The summed E-state index contributed by atoms with van der Waals surface area (Å²) in [5.41, 5.74) is 1.47. The zero-order chi connectivity index (χ0) is 12.1. The van der Waals surface area contributed by atoms with E-state index < -0.39 is 0 Å². The first-order valence-electron chi connectivity index (χ1n) is 5.03. The average molecular weight is 252 g/mol. The van der Waals surface area contributed by atoms with Gasteiger partial charge in [-0.05, 0) is 0 Å². The average Bonchev–Trinajstić information content (AvgIpc) is 2.76. The number of imidazole rings is 1. The van der Waals surface area contributed by atoms with Gasteiger partial charge in [0.25, 0.3) is 0 Å². The molecule has 8 heteroatoms. The minimum absolute atomic E-state index is 0.180. The predicted octanol–water partition coefficient (Wildman–Crippen LogP) is 0.374. The molecule has 0 bridgehead atoms. The molecule has 0 aliphatic rings. The van der Waals surface area contributed by atoms with E-state index in [0.29, 0.717) is 12.2 Å². The van der Waals surface area contributed by atoms with Crippen molar-refractivity contribution in [2.75, 3.05) is 19.3 Å². The normalized spacial score (nSPS) is 10.4. The highest BCUT2D eigenvalue weighted by atomic mass is 32.2. The highest BCUT2D eigenvalue weighted by Gasteiger charge is 2.03. The van der Waals surface area contributed by atoms with Gasteiger partial charge >= 0.3 is 6.03 Å². The molecule has 0 radical (unpaired) electrons. The summed E-state index contributed by atoms with van der Waals surface area (Å²) in [4.78, 5) is 26.2. The predicted molar refractivity (Wildman–Crippen MR) is 64.9 cm³/mol. The van der Waals surface area contributed by atoms with E-state index in [0.717, 1.165) is 16.4 Å². The summed E-state index contributed by atoms with van der Waals surface area (Å²) in [7, 11) is 1.58. The first-order chi connectivity index (χ1) is 8.29. The van der Waals surface area contributed by atoms with Crippen LogP contribution in [0.2, 0.25) is 0 Å². The first-order valence-corrected chi connectivity index (χ1v) is 6.02. The van der Waals surface area contributed by atoms with E-state index >= 15 is 0 Å². The summed E-state index contributed by atoms with van der Waals surface area (Å²) < 4.78 is 0. The quantitative estimate of drug-likeness (QED) is 0.540. The summed E-state index contributed by atoms with van der Waals surface area (Å²) in [5, 5.41) is 5.96. The summed E-state index contributed by atoms with van der Waals surface area (Å²) in [6.45, 7) is 0.576. The maximum absolute atomic E-state index is 10.9. The lowest BCUT2D eigenvalue weighted by molar-refractivity contribution is 0.243. The number of thioether (sulfide) groups is 1. The molecule has 2 amide bonds. The number of hydrogen-bond acceptors (Lipinski definition) is 5. The third-order valence-corrected chi connectivity index (χ3v) is 2.87. The van der Waals surface area contributed by atoms with Crippen molar-refractivity contribution in [1.29, 1.82) is 0 Å². The molecule has 2 aromatic rings. The molecule has 2 aromatic heterocycles. The van der Waals surface area contributed by atoms with Crippen LogP contribution in [0, 0.1) is 0 Å². The van der Waals surface area contributed by atoms with Gasteiger partial charge in [0.05, 0.1) is 6.20 Å². The molecule has 0 atom stereocenters. The summed E-state index contributed by atoms with van der Waals surface area (Å²) in [5.74, 6) is 0.737. The number of rotatable bonds is 4. The van der Waals surface area contributed by atoms with Crippen molar-refractivity contribution in [3.8, 4) is 0 Å². The van der Waals surface area contributed by atoms with Crippen LogP contribution in [0.5, 0.6) is 0 Å². The number of aromatic nitrogens is 4. The molecule has 3 N–H and O–H groups in total. The number of carbonyl (C=O) groups excluding carboxylic acids is 1. The molecule has 2 heterocycles. The van der Waals surface area contributed by atoms with E-state index in [1.54, 1.807) is 13.2 Å². The maximum atomic E-state index is 10.9. The van der Waals surface area contributed by atoms with E-state index in [1.807, 2.05) is 0 Å². The molecule has 0 saturated carbocycles. The van der Waals surface area contributed by atoms with Crippen LogP contribution >= 0.6 is 11.8 Å². The minimum atomic E-state index is -0.180. The van der Waals surface area contributed by atoms with Crippen LogP contribution in [0.25, 0.3) is 11.2 Å². The van der Waals surface area contributed by atoms with Gasteiger partial charge < -0.3 is 15.6 Å². The van der Waals surface area contributed by atoms with Gasteiger partial charge in [-0.15, -0.1) is 0 Å². The lowest BCUT2D eigenvalue weighted by Crippen LogP contribution is -2.34. The number of amides is 2. The number of H-pyrrole nitrogens is 1. The third-order valence-electron chi connectivity index (χ3n) is 1.99. The monoisotopic (exact) mass is 252 g/mol. The Morgan fingerprint density at radius 1 is 1.59 bits per heavy atom. The lowest BCUT2D eigenvalue weighted by atomic mass is 10.6. The number of carbonyl (C=O) groups is 1. The van der Waals surface area contributed by atoms with Crippen molar-refractivity contribution in [3.63, 3.8) is 0 Å². The Hall–Kier alpha value is -1.83. The Labute approximate surface area is 102 Å². The maximum Gasteiger partial charge on any atom is 0.314 e. The second-order valence-electron chi connectivity index (χ2n) is 3.16. The van der Waals surface area contributed by atoms with Crippen LogP contribution < -0.4 is 10.6 Å². The van der Waals surface area contributed by atoms with Gasteiger partial charge in [-0.2, -0.15) is 0 Å². The van der Waals surface area contributed by atoms with Crippen LogP contribution in [0.4, 0.5) is 4.79 Å². The van der Waals surface area contributed by atoms with Crippen LogP contribution in [0.1, 0.15) is 0 Å². The van der Waals surface area contributed by atoms with Gasteiger partial charge in [0.2, 0.25) is 0 Å². The first kappa shape index (κ1) is 11.6. The summed E-state index contributed by atoms with van der Waals surface area (Å²) >= 11 is 1.52. The molecule has 0 aliphatic carbocycles.